The van der Waals surface area contributed by atoms with Gasteiger partial charge in [0.2, 0.25) is 0 Å². The summed E-state index contributed by atoms with van der Waals surface area (Å²) in [5.74, 6) is 5.53. The van der Waals surface area contributed by atoms with Gasteiger partial charge in [-0.1, -0.05) is 6.92 Å². The van der Waals surface area contributed by atoms with Gasteiger partial charge < -0.3 is 14.2 Å². The number of hydrogen-bond acceptors (Lipinski definition) is 3. The molecule has 96 valence electrons. The molecule has 0 saturated heterocycles. The van der Waals surface area contributed by atoms with E-state index in [0.717, 1.165) is 42.0 Å². The molecule has 0 spiro atoms. The molecule has 1 aliphatic rings. The van der Waals surface area contributed by atoms with Crippen LogP contribution in [-0.2, 0) is 13.1 Å². The van der Waals surface area contributed by atoms with Crippen molar-refractivity contribution in [2.45, 2.75) is 39.3 Å². The quantitative estimate of drug-likeness (QED) is 0.874. The van der Waals surface area contributed by atoms with Gasteiger partial charge in [-0.3, -0.25) is 0 Å². The van der Waals surface area contributed by atoms with E-state index in [-0.39, 0.29) is 0 Å². The van der Waals surface area contributed by atoms with Gasteiger partial charge >= 0.3 is 0 Å². The predicted molar refractivity (Wildman–Crippen MR) is 69.2 cm³/mol. The molecule has 3 nitrogen and oxygen atoms in total. The number of rotatable bonds is 5. The zero-order valence-electron chi connectivity index (χ0n) is 10.9. The Hall–Kier alpha value is -1.48. The van der Waals surface area contributed by atoms with E-state index >= 15 is 0 Å². The molecule has 2 unspecified atom stereocenters. The van der Waals surface area contributed by atoms with Crippen LogP contribution in [0.1, 0.15) is 42.3 Å². The summed E-state index contributed by atoms with van der Waals surface area (Å²) in [4.78, 5) is 0. The molecule has 18 heavy (non-hydrogen) atoms. The Morgan fingerprint density at radius 2 is 1.78 bits per heavy atom. The first-order valence-electron chi connectivity index (χ1n) is 6.57. The van der Waals surface area contributed by atoms with E-state index < -0.39 is 0 Å². The van der Waals surface area contributed by atoms with Gasteiger partial charge in [-0.2, -0.15) is 0 Å². The van der Waals surface area contributed by atoms with E-state index in [1.165, 1.54) is 6.42 Å². The molecule has 1 fully saturated rings. The monoisotopic (exact) mass is 245 g/mol. The van der Waals surface area contributed by atoms with Gasteiger partial charge in [-0.05, 0) is 43.5 Å². The second-order valence-electron chi connectivity index (χ2n) is 5.24. The first-order chi connectivity index (χ1) is 8.72. The summed E-state index contributed by atoms with van der Waals surface area (Å²) >= 11 is 0. The molecule has 2 aromatic rings. The zero-order valence-corrected chi connectivity index (χ0v) is 10.9. The lowest BCUT2D eigenvalue weighted by molar-refractivity contribution is 0.424. The third-order valence-corrected chi connectivity index (χ3v) is 3.55. The van der Waals surface area contributed by atoms with Crippen LogP contribution >= 0.6 is 0 Å². The lowest BCUT2D eigenvalue weighted by Crippen LogP contribution is -2.11. The van der Waals surface area contributed by atoms with Gasteiger partial charge in [0, 0.05) is 5.92 Å². The van der Waals surface area contributed by atoms with Gasteiger partial charge in [-0.25, -0.2) is 0 Å². The molecule has 0 bridgehead atoms. The van der Waals surface area contributed by atoms with Crippen molar-refractivity contribution >= 4 is 0 Å². The van der Waals surface area contributed by atoms with E-state index in [4.69, 9.17) is 8.83 Å². The van der Waals surface area contributed by atoms with Gasteiger partial charge in [0.05, 0.1) is 13.1 Å². The molecule has 2 heterocycles. The largest absolute Gasteiger partial charge is 0.465 e. The standard InChI is InChI=1S/C15H19NO2/c1-10-7-14(10)15-6-5-13(18-15)9-16-8-12-4-3-11(2)17-12/h3-6,10,14,16H,7-9H2,1-2H3. The van der Waals surface area contributed by atoms with Gasteiger partial charge in [-0.15, -0.1) is 0 Å². The maximum Gasteiger partial charge on any atom is 0.117 e. The van der Waals surface area contributed by atoms with Crippen LogP contribution < -0.4 is 5.32 Å². The molecule has 1 aliphatic carbocycles. The molecule has 0 aromatic carbocycles. The van der Waals surface area contributed by atoms with Crippen LogP contribution in [0.4, 0.5) is 0 Å². The van der Waals surface area contributed by atoms with Gasteiger partial charge in [0.1, 0.15) is 23.0 Å². The Morgan fingerprint density at radius 3 is 2.39 bits per heavy atom. The molecular formula is C15H19NO2. The molecule has 1 saturated carbocycles. The molecule has 3 heteroatoms. The van der Waals surface area contributed by atoms with Crippen LogP contribution in [0, 0.1) is 12.8 Å². The van der Waals surface area contributed by atoms with Crippen LogP contribution in [0.25, 0.3) is 0 Å². The highest BCUT2D eigenvalue weighted by Crippen LogP contribution is 2.47. The number of nitrogens with one attached hydrogen (secondary N) is 1. The lowest BCUT2D eigenvalue weighted by atomic mass is 10.3. The third-order valence-electron chi connectivity index (χ3n) is 3.55. The minimum atomic E-state index is 0.659. The SMILES string of the molecule is Cc1ccc(CNCc2ccc(C3CC3C)o2)o1. The Labute approximate surface area is 107 Å². The second kappa shape index (κ2) is 4.65. The molecule has 0 radical (unpaired) electrons. The molecular weight excluding hydrogens is 226 g/mol. The van der Waals surface area contributed by atoms with Crippen molar-refractivity contribution in [3.63, 3.8) is 0 Å². The molecule has 1 N–H and O–H groups in total. The van der Waals surface area contributed by atoms with Crippen LogP contribution in [0.2, 0.25) is 0 Å². The molecule has 3 rings (SSSR count). The van der Waals surface area contributed by atoms with Crippen molar-refractivity contribution in [1.29, 1.82) is 0 Å². The summed E-state index contributed by atoms with van der Waals surface area (Å²) in [6, 6.07) is 8.17. The maximum absolute atomic E-state index is 5.83. The average molecular weight is 245 g/mol. The summed E-state index contributed by atoms with van der Waals surface area (Å²) < 4.78 is 11.3. The normalized spacial score (nSPS) is 22.3. The first kappa shape index (κ1) is 11.6. The number of aryl methyl sites for hydroxylation is 1. The summed E-state index contributed by atoms with van der Waals surface area (Å²) in [5.41, 5.74) is 0. The van der Waals surface area contributed by atoms with Crippen molar-refractivity contribution in [1.82, 2.24) is 5.32 Å². The van der Waals surface area contributed by atoms with Crippen LogP contribution in [-0.4, -0.2) is 0 Å². The number of hydrogen-bond donors (Lipinski definition) is 1. The summed E-state index contributed by atoms with van der Waals surface area (Å²) in [7, 11) is 0. The van der Waals surface area contributed by atoms with E-state index in [1.807, 2.05) is 19.1 Å². The van der Waals surface area contributed by atoms with Crippen LogP contribution in [0.5, 0.6) is 0 Å². The fraction of sp³-hybridized carbons (Fsp3) is 0.467. The predicted octanol–water partition coefficient (Wildman–Crippen LogP) is 3.59. The van der Waals surface area contributed by atoms with Gasteiger partial charge in [0.25, 0.3) is 0 Å². The fourth-order valence-electron chi connectivity index (χ4n) is 2.30. The van der Waals surface area contributed by atoms with E-state index in [2.05, 4.69) is 24.4 Å². The van der Waals surface area contributed by atoms with Gasteiger partial charge in [0.15, 0.2) is 0 Å². The summed E-state index contributed by atoms with van der Waals surface area (Å²) in [6.07, 6.45) is 1.27. The molecule has 2 atom stereocenters. The minimum Gasteiger partial charge on any atom is -0.465 e. The fourth-order valence-corrected chi connectivity index (χ4v) is 2.30. The second-order valence-corrected chi connectivity index (χ2v) is 5.24. The Morgan fingerprint density at radius 1 is 1.11 bits per heavy atom. The highest BCUT2D eigenvalue weighted by Gasteiger charge is 2.36. The van der Waals surface area contributed by atoms with Crippen molar-refractivity contribution in [3.05, 3.63) is 47.3 Å². The van der Waals surface area contributed by atoms with Crippen molar-refractivity contribution in [2.75, 3.05) is 0 Å². The first-order valence-corrected chi connectivity index (χ1v) is 6.57. The lowest BCUT2D eigenvalue weighted by Gasteiger charge is -2.00. The number of furan rings is 2. The molecule has 2 aromatic heterocycles. The van der Waals surface area contributed by atoms with Crippen LogP contribution in [0.15, 0.2) is 33.1 Å². The maximum atomic E-state index is 5.83. The topological polar surface area (TPSA) is 38.3 Å². The molecule has 0 aliphatic heterocycles. The van der Waals surface area contributed by atoms with Crippen molar-refractivity contribution in [2.24, 2.45) is 5.92 Å². The van der Waals surface area contributed by atoms with E-state index in [1.54, 1.807) is 0 Å². The Bertz CT molecular complexity index is 526. The minimum absolute atomic E-state index is 0.659. The van der Waals surface area contributed by atoms with Crippen LogP contribution in [0.3, 0.4) is 0 Å². The zero-order chi connectivity index (χ0) is 12.5. The van der Waals surface area contributed by atoms with E-state index in [0.29, 0.717) is 5.92 Å². The smallest absolute Gasteiger partial charge is 0.117 e. The Balaban J connectivity index is 1.49. The Kier molecular flexibility index (Phi) is 3.00. The van der Waals surface area contributed by atoms with Crippen molar-refractivity contribution in [3.8, 4) is 0 Å². The summed E-state index contributed by atoms with van der Waals surface area (Å²) in [6.45, 7) is 5.72. The van der Waals surface area contributed by atoms with E-state index in [9.17, 15) is 0 Å². The summed E-state index contributed by atoms with van der Waals surface area (Å²) in [5, 5.41) is 3.33. The highest BCUT2D eigenvalue weighted by atomic mass is 16.3. The highest BCUT2D eigenvalue weighted by molar-refractivity contribution is 5.17. The third kappa shape index (κ3) is 2.51. The molecule has 0 amide bonds. The van der Waals surface area contributed by atoms with Crippen molar-refractivity contribution < 1.29 is 8.83 Å². The average Bonchev–Trinajstić information content (AvgIpc) is 2.79.